The summed E-state index contributed by atoms with van der Waals surface area (Å²) in [7, 11) is 1.60. The zero-order valence-electron chi connectivity index (χ0n) is 17.1. The van der Waals surface area contributed by atoms with E-state index in [2.05, 4.69) is 14.9 Å². The van der Waals surface area contributed by atoms with Crippen molar-refractivity contribution < 1.29 is 14.3 Å². The highest BCUT2D eigenvalue weighted by Crippen LogP contribution is 2.41. The number of methoxy groups -OCH3 is 1. The molecule has 1 aromatic heterocycles. The van der Waals surface area contributed by atoms with Crippen LogP contribution < -0.4 is 14.4 Å². The predicted molar refractivity (Wildman–Crippen MR) is 114 cm³/mol. The lowest BCUT2D eigenvalue weighted by Gasteiger charge is -2.35. The third-order valence-corrected chi connectivity index (χ3v) is 5.83. The zero-order valence-corrected chi connectivity index (χ0v) is 17.1. The Hall–Kier alpha value is -3.41. The minimum Gasteiger partial charge on any atom is -0.497 e. The molecule has 1 atom stereocenters. The number of carbonyl (C=O) groups is 1. The maximum atomic E-state index is 12.9. The summed E-state index contributed by atoms with van der Waals surface area (Å²) in [5.74, 6) is 3.00. The van der Waals surface area contributed by atoms with E-state index in [-0.39, 0.29) is 5.78 Å². The molecule has 1 saturated heterocycles. The van der Waals surface area contributed by atoms with Crippen LogP contribution in [0.25, 0.3) is 11.3 Å². The molecule has 5 rings (SSSR count). The molecule has 2 aliphatic rings. The Labute approximate surface area is 175 Å². The van der Waals surface area contributed by atoms with Gasteiger partial charge in [-0.05, 0) is 25.1 Å². The Kier molecular flexibility index (Phi) is 4.42. The Bertz CT molecular complexity index is 1120. The number of hydrogen-bond acceptors (Lipinski definition) is 6. The van der Waals surface area contributed by atoms with E-state index >= 15 is 0 Å². The number of aryl methyl sites for hydroxylation is 1. The quantitative estimate of drug-likeness (QED) is 0.659. The van der Waals surface area contributed by atoms with Crippen molar-refractivity contribution in [1.82, 2.24) is 9.97 Å². The summed E-state index contributed by atoms with van der Waals surface area (Å²) in [4.78, 5) is 24.3. The number of benzene rings is 2. The van der Waals surface area contributed by atoms with Gasteiger partial charge in [0, 0.05) is 24.6 Å². The van der Waals surface area contributed by atoms with Crippen molar-refractivity contribution >= 4 is 11.6 Å². The molecule has 0 radical (unpaired) electrons. The van der Waals surface area contributed by atoms with Crippen LogP contribution >= 0.6 is 0 Å². The molecule has 1 unspecified atom stereocenters. The standard InChI is InChI=1S/C24H23N3O3/c1-16-25-20(17-6-4-3-5-7-17)13-23(26-16)27-11-10-24(15-27)14-21(28)19-12-18(29-2)8-9-22(19)30-24/h3-9,12-13H,10-11,14-15H2,1-2H3. The van der Waals surface area contributed by atoms with Crippen LogP contribution in [0.4, 0.5) is 5.82 Å². The first-order valence-electron chi connectivity index (χ1n) is 10.1. The number of aromatic nitrogens is 2. The first kappa shape index (κ1) is 18.6. The largest absolute Gasteiger partial charge is 0.497 e. The van der Waals surface area contributed by atoms with Gasteiger partial charge < -0.3 is 14.4 Å². The van der Waals surface area contributed by atoms with E-state index in [1.165, 1.54) is 0 Å². The van der Waals surface area contributed by atoms with Crippen LogP contribution in [-0.2, 0) is 0 Å². The zero-order chi connectivity index (χ0) is 20.7. The van der Waals surface area contributed by atoms with Crippen LogP contribution in [0.1, 0.15) is 29.0 Å². The van der Waals surface area contributed by atoms with Crippen molar-refractivity contribution in [2.45, 2.75) is 25.4 Å². The van der Waals surface area contributed by atoms with Crippen LogP contribution in [-0.4, -0.2) is 41.6 Å². The number of ketones is 1. The predicted octanol–water partition coefficient (Wildman–Crippen LogP) is 4.07. The molecule has 30 heavy (non-hydrogen) atoms. The maximum Gasteiger partial charge on any atom is 0.170 e. The van der Waals surface area contributed by atoms with Crippen LogP contribution in [0, 0.1) is 6.92 Å². The lowest BCUT2D eigenvalue weighted by molar-refractivity contribution is 0.0537. The van der Waals surface area contributed by atoms with Gasteiger partial charge in [-0.3, -0.25) is 4.79 Å². The van der Waals surface area contributed by atoms with Gasteiger partial charge in [-0.2, -0.15) is 0 Å². The minimum absolute atomic E-state index is 0.0980. The molecule has 0 N–H and O–H groups in total. The number of carbonyl (C=O) groups excluding carboxylic acids is 1. The van der Waals surface area contributed by atoms with E-state index in [9.17, 15) is 4.79 Å². The molecular weight excluding hydrogens is 378 g/mol. The summed E-state index contributed by atoms with van der Waals surface area (Å²) in [5.41, 5.74) is 2.04. The van der Waals surface area contributed by atoms with Gasteiger partial charge in [-0.25, -0.2) is 9.97 Å². The number of anilines is 1. The van der Waals surface area contributed by atoms with Crippen LogP contribution in [0.15, 0.2) is 54.6 Å². The van der Waals surface area contributed by atoms with Crippen molar-refractivity contribution in [3.63, 3.8) is 0 Å². The van der Waals surface area contributed by atoms with Gasteiger partial charge in [0.2, 0.25) is 0 Å². The monoisotopic (exact) mass is 401 g/mol. The molecule has 1 fully saturated rings. The van der Waals surface area contributed by atoms with Gasteiger partial charge in [0.15, 0.2) is 5.78 Å². The maximum absolute atomic E-state index is 12.9. The molecule has 2 aromatic carbocycles. The Morgan fingerprint density at radius 1 is 1.10 bits per heavy atom. The fourth-order valence-electron chi connectivity index (χ4n) is 4.34. The highest BCUT2D eigenvalue weighted by Gasteiger charge is 2.46. The Morgan fingerprint density at radius 2 is 1.93 bits per heavy atom. The SMILES string of the molecule is COc1ccc2c(c1)C(=O)CC1(CCN(c3cc(-c4ccccc4)nc(C)n3)C1)O2. The van der Waals surface area contributed by atoms with Crippen molar-refractivity contribution in [3.8, 4) is 22.8 Å². The van der Waals surface area contributed by atoms with Gasteiger partial charge in [0.25, 0.3) is 0 Å². The second-order valence-corrected chi connectivity index (χ2v) is 7.94. The van der Waals surface area contributed by atoms with Crippen molar-refractivity contribution in [2.75, 3.05) is 25.1 Å². The van der Waals surface area contributed by atoms with Gasteiger partial charge in [0.05, 0.1) is 31.3 Å². The number of fused-ring (bicyclic) bond motifs is 1. The van der Waals surface area contributed by atoms with E-state index in [0.29, 0.717) is 30.0 Å². The van der Waals surface area contributed by atoms with Crippen LogP contribution in [0.5, 0.6) is 11.5 Å². The molecule has 6 heteroatoms. The van der Waals surface area contributed by atoms with Crippen molar-refractivity contribution in [2.24, 2.45) is 0 Å². The number of hydrogen-bond donors (Lipinski definition) is 0. The van der Waals surface area contributed by atoms with Gasteiger partial charge >= 0.3 is 0 Å². The molecule has 0 bridgehead atoms. The van der Waals surface area contributed by atoms with E-state index in [1.54, 1.807) is 13.2 Å². The van der Waals surface area contributed by atoms with E-state index in [4.69, 9.17) is 9.47 Å². The molecular formula is C24H23N3O3. The van der Waals surface area contributed by atoms with E-state index in [0.717, 1.165) is 35.9 Å². The first-order valence-corrected chi connectivity index (χ1v) is 10.1. The molecule has 3 aromatic rings. The molecule has 3 heterocycles. The smallest absolute Gasteiger partial charge is 0.170 e. The van der Waals surface area contributed by atoms with Gasteiger partial charge in [0.1, 0.15) is 28.7 Å². The Morgan fingerprint density at radius 3 is 2.73 bits per heavy atom. The fourth-order valence-corrected chi connectivity index (χ4v) is 4.34. The summed E-state index contributed by atoms with van der Waals surface area (Å²) >= 11 is 0. The van der Waals surface area contributed by atoms with Crippen LogP contribution in [0.3, 0.4) is 0 Å². The highest BCUT2D eigenvalue weighted by molar-refractivity contribution is 6.00. The molecule has 1 spiro atoms. The molecule has 2 aliphatic heterocycles. The third-order valence-electron chi connectivity index (χ3n) is 5.83. The molecule has 0 aliphatic carbocycles. The molecule has 0 saturated carbocycles. The summed E-state index contributed by atoms with van der Waals surface area (Å²) in [5, 5.41) is 0. The topological polar surface area (TPSA) is 64.5 Å². The van der Waals surface area contributed by atoms with E-state index in [1.807, 2.05) is 55.5 Å². The van der Waals surface area contributed by atoms with E-state index < -0.39 is 5.60 Å². The lowest BCUT2D eigenvalue weighted by Crippen LogP contribution is -2.44. The van der Waals surface area contributed by atoms with Crippen molar-refractivity contribution in [3.05, 3.63) is 66.0 Å². The fraction of sp³-hybridized carbons (Fsp3) is 0.292. The highest BCUT2D eigenvalue weighted by atomic mass is 16.5. The summed E-state index contributed by atoms with van der Waals surface area (Å²) in [6.45, 7) is 3.31. The number of ether oxygens (including phenoxy) is 2. The second kappa shape index (κ2) is 7.13. The van der Waals surface area contributed by atoms with Crippen LogP contribution in [0.2, 0.25) is 0 Å². The van der Waals surface area contributed by atoms with Gasteiger partial charge in [-0.15, -0.1) is 0 Å². The summed E-state index contributed by atoms with van der Waals surface area (Å²) in [6.07, 6.45) is 1.13. The normalized spacial score (nSPS) is 20.2. The molecule has 152 valence electrons. The summed E-state index contributed by atoms with van der Waals surface area (Å²) in [6, 6.07) is 17.5. The Balaban J connectivity index is 1.42. The second-order valence-electron chi connectivity index (χ2n) is 7.94. The summed E-state index contributed by atoms with van der Waals surface area (Å²) < 4.78 is 11.6. The first-order chi connectivity index (χ1) is 14.5. The average molecular weight is 401 g/mol. The number of nitrogens with zero attached hydrogens (tertiary/aromatic N) is 3. The van der Waals surface area contributed by atoms with Gasteiger partial charge in [-0.1, -0.05) is 30.3 Å². The average Bonchev–Trinajstić information content (AvgIpc) is 3.17. The third kappa shape index (κ3) is 3.28. The molecule has 0 amide bonds. The number of rotatable bonds is 3. The molecule has 6 nitrogen and oxygen atoms in total. The lowest BCUT2D eigenvalue weighted by atomic mass is 9.89. The number of Topliss-reactive ketones (excluding diaryl/α,β-unsaturated/α-hetero) is 1. The minimum atomic E-state index is -0.523. The van der Waals surface area contributed by atoms with Crippen molar-refractivity contribution in [1.29, 1.82) is 0 Å².